The van der Waals surface area contributed by atoms with E-state index in [1.165, 1.54) is 11.1 Å². The maximum atomic E-state index is 12.2. The number of aliphatic hydroxyl groups is 2. The topological polar surface area (TPSA) is 219 Å². The van der Waals surface area contributed by atoms with Crippen molar-refractivity contribution in [1.82, 2.24) is 0 Å². The molecule has 0 aromatic heterocycles. The summed E-state index contributed by atoms with van der Waals surface area (Å²) < 4.78 is 86.6. The van der Waals surface area contributed by atoms with E-state index in [4.69, 9.17) is 81.3 Å². The number of hydrogen-bond donors (Lipinski definition) is 4. The molecule has 0 aliphatic rings. The van der Waals surface area contributed by atoms with Gasteiger partial charge in [0.15, 0.2) is 0 Å². The third-order valence-electron chi connectivity index (χ3n) is 13.1. The van der Waals surface area contributed by atoms with Gasteiger partial charge < -0.3 is 91.5 Å². The summed E-state index contributed by atoms with van der Waals surface area (Å²) in [6.45, 7) is 23.5. The summed E-state index contributed by atoms with van der Waals surface area (Å²) in [7, 11) is 0. The quantitative estimate of drug-likeness (QED) is 0.0460. The Morgan fingerprint density at radius 1 is 0.321 bits per heavy atom. The van der Waals surface area contributed by atoms with Gasteiger partial charge in [-0.15, -0.1) is 0 Å². The normalized spacial score (nSPS) is 12.5. The van der Waals surface area contributed by atoms with Crippen molar-refractivity contribution in [3.8, 4) is 11.5 Å². The van der Waals surface area contributed by atoms with Crippen LogP contribution in [-0.2, 0) is 96.7 Å². The Morgan fingerprint density at radius 3 is 0.802 bits per heavy atom. The summed E-state index contributed by atoms with van der Waals surface area (Å²) in [5.74, 6) is 0.550. The summed E-state index contributed by atoms with van der Waals surface area (Å²) in [4.78, 5) is 0. The van der Waals surface area contributed by atoms with Crippen LogP contribution in [-0.4, -0.2) is 219 Å². The number of phenolic OH excluding ortho intramolecular Hbond substituents is 2. The second-order valence-corrected chi connectivity index (χ2v) is 19.7. The van der Waals surface area contributed by atoms with Crippen LogP contribution in [0.25, 0.3) is 0 Å². The molecule has 472 valence electrons. The maximum Gasteiger partial charge on any atom is 0.125 e. The molecule has 2 aromatic carbocycles. The van der Waals surface area contributed by atoms with Crippen molar-refractivity contribution in [2.45, 2.75) is 131 Å². The molecule has 81 heavy (non-hydrogen) atoms. The number of benzene rings is 2. The van der Waals surface area contributed by atoms with Crippen LogP contribution in [0, 0.1) is 13.8 Å². The highest BCUT2D eigenvalue weighted by atomic mass is 16.6. The summed E-state index contributed by atoms with van der Waals surface area (Å²) >= 11 is 0. The number of hydrogen-bond acceptors (Lipinski definition) is 19. The van der Waals surface area contributed by atoms with Crippen LogP contribution in [0.2, 0.25) is 0 Å². The molecule has 19 heteroatoms. The van der Waals surface area contributed by atoms with Gasteiger partial charge in [-0.3, -0.25) is 0 Å². The van der Waals surface area contributed by atoms with Crippen molar-refractivity contribution in [1.29, 1.82) is 0 Å². The zero-order valence-corrected chi connectivity index (χ0v) is 50.9. The molecule has 4 N–H and O–H groups in total. The number of aryl methyl sites for hydroxylation is 4. The van der Waals surface area contributed by atoms with Gasteiger partial charge in [0, 0.05) is 11.1 Å². The van der Waals surface area contributed by atoms with Crippen LogP contribution in [0.1, 0.15) is 136 Å². The van der Waals surface area contributed by atoms with Crippen molar-refractivity contribution in [3.05, 3.63) is 56.6 Å². The molecule has 0 amide bonds. The highest BCUT2D eigenvalue weighted by Crippen LogP contribution is 2.40. The lowest BCUT2D eigenvalue weighted by Crippen LogP contribution is -2.22. The van der Waals surface area contributed by atoms with E-state index in [2.05, 4.69) is 39.8 Å². The average molecular weight is 1160 g/mol. The van der Waals surface area contributed by atoms with Gasteiger partial charge in [-0.05, 0) is 98.6 Å². The first-order valence-corrected chi connectivity index (χ1v) is 30.4. The molecule has 2 rings (SSSR count). The largest absolute Gasteiger partial charge is 0.507 e. The molecule has 0 radical (unpaired) electrons. The Bertz CT molecular complexity index is 1630. The van der Waals surface area contributed by atoms with Crippen LogP contribution in [0.15, 0.2) is 12.1 Å². The van der Waals surface area contributed by atoms with E-state index >= 15 is 0 Å². The van der Waals surface area contributed by atoms with Crippen LogP contribution in [0.5, 0.6) is 11.5 Å². The molecule has 0 fully saturated rings. The SMILES string of the molecule is CCCCc1cc(C)c(C(COCC(OCCOCCOCCOCCOCCOCCOCCO)c2c(C)cc(CCCC)c(CCCC)c2O)OCCOCCOCCOCCOCCOCCOCCO)c(O)c1CCCC. The molecule has 19 nitrogen and oxygen atoms in total. The van der Waals surface area contributed by atoms with Gasteiger partial charge in [-0.1, -0.05) is 65.5 Å². The fourth-order valence-corrected chi connectivity index (χ4v) is 8.86. The van der Waals surface area contributed by atoms with Crippen molar-refractivity contribution < 1.29 is 91.5 Å². The minimum absolute atomic E-state index is 0.00260. The molecular weight excluding hydrogens is 1050 g/mol. The first-order chi connectivity index (χ1) is 39.8. The minimum Gasteiger partial charge on any atom is -0.507 e. The van der Waals surface area contributed by atoms with Gasteiger partial charge >= 0.3 is 0 Å². The molecule has 2 aromatic rings. The van der Waals surface area contributed by atoms with E-state index in [0.717, 1.165) is 99.3 Å². The van der Waals surface area contributed by atoms with E-state index in [1.54, 1.807) is 0 Å². The standard InChI is InChI=1S/C62H110O19/c1-7-11-15-53-47-51(5)59(61(65)55(53)17-13-9-3)57(80-45-43-77-41-39-75-37-35-73-33-31-71-29-27-69-25-23-67-21-19-63)49-79-50-58(60-52(6)48-54(16-12-8-2)56(62(60)66)18-14-10-4)81-46-44-78-42-40-76-38-36-74-34-32-72-30-28-70-26-24-68-22-20-64/h47-48,57-58,63-66H,7-46,49-50H2,1-6H3. The fraction of sp³-hybridized carbons (Fsp3) is 0.806. The predicted octanol–water partition coefficient (Wildman–Crippen LogP) is 8.10. The predicted molar refractivity (Wildman–Crippen MR) is 312 cm³/mol. The lowest BCUT2D eigenvalue weighted by Gasteiger charge is -2.27. The second-order valence-electron chi connectivity index (χ2n) is 19.7. The number of aromatic hydroxyl groups is 2. The molecule has 0 saturated heterocycles. The fourth-order valence-electron chi connectivity index (χ4n) is 8.86. The molecule has 0 aliphatic carbocycles. The molecule has 2 atom stereocenters. The summed E-state index contributed by atoms with van der Waals surface area (Å²) in [5, 5.41) is 41.8. The number of rotatable bonds is 60. The smallest absolute Gasteiger partial charge is 0.125 e. The van der Waals surface area contributed by atoms with E-state index in [1.807, 2.05) is 13.8 Å². The van der Waals surface area contributed by atoms with Crippen LogP contribution in [0.3, 0.4) is 0 Å². The highest BCUT2D eigenvalue weighted by Gasteiger charge is 2.27. The van der Waals surface area contributed by atoms with Crippen molar-refractivity contribution in [2.75, 3.05) is 198 Å². The van der Waals surface area contributed by atoms with Crippen molar-refractivity contribution in [3.63, 3.8) is 0 Å². The van der Waals surface area contributed by atoms with Crippen LogP contribution < -0.4 is 0 Å². The Kier molecular flexibility index (Phi) is 48.6. The summed E-state index contributed by atoms with van der Waals surface area (Å²) in [6, 6.07) is 4.44. The summed E-state index contributed by atoms with van der Waals surface area (Å²) in [6.07, 6.45) is 10.2. The van der Waals surface area contributed by atoms with Crippen LogP contribution in [0.4, 0.5) is 0 Å². The second kappa shape index (κ2) is 52.9. The molecule has 2 unspecified atom stereocenters. The molecule has 0 bridgehead atoms. The molecular formula is C62H110O19. The zero-order chi connectivity index (χ0) is 58.6. The van der Waals surface area contributed by atoms with E-state index in [-0.39, 0.29) is 51.1 Å². The van der Waals surface area contributed by atoms with Crippen LogP contribution >= 0.6 is 0 Å². The van der Waals surface area contributed by atoms with Gasteiger partial charge in [0.1, 0.15) is 23.7 Å². The number of aliphatic hydroxyl groups excluding tert-OH is 2. The van der Waals surface area contributed by atoms with Crippen molar-refractivity contribution >= 4 is 0 Å². The monoisotopic (exact) mass is 1160 g/mol. The van der Waals surface area contributed by atoms with Gasteiger partial charge in [-0.25, -0.2) is 0 Å². The maximum absolute atomic E-state index is 12.2. The zero-order valence-electron chi connectivity index (χ0n) is 50.9. The Hall–Kier alpha value is -2.64. The Balaban J connectivity index is 2.07. The number of phenols is 2. The minimum atomic E-state index is -0.620. The van der Waals surface area contributed by atoms with Gasteiger partial charge in [0.05, 0.1) is 198 Å². The van der Waals surface area contributed by atoms with E-state index < -0.39 is 12.2 Å². The molecule has 0 aliphatic heterocycles. The van der Waals surface area contributed by atoms with Gasteiger partial charge in [0.2, 0.25) is 0 Å². The highest BCUT2D eigenvalue weighted by molar-refractivity contribution is 5.52. The molecule has 0 spiro atoms. The number of unbranched alkanes of at least 4 members (excludes halogenated alkanes) is 4. The van der Waals surface area contributed by atoms with E-state index in [0.29, 0.717) is 170 Å². The first kappa shape index (κ1) is 74.5. The summed E-state index contributed by atoms with van der Waals surface area (Å²) in [5.41, 5.74) is 7.65. The van der Waals surface area contributed by atoms with Crippen molar-refractivity contribution in [2.24, 2.45) is 0 Å². The van der Waals surface area contributed by atoms with Gasteiger partial charge in [-0.2, -0.15) is 0 Å². The average Bonchev–Trinajstić information content (AvgIpc) is 3.46. The lowest BCUT2D eigenvalue weighted by molar-refractivity contribution is -0.0794. The Labute approximate surface area is 487 Å². The third kappa shape index (κ3) is 35.4. The molecule has 0 saturated carbocycles. The van der Waals surface area contributed by atoms with E-state index in [9.17, 15) is 10.2 Å². The lowest BCUT2D eigenvalue weighted by atomic mass is 9.89. The first-order valence-electron chi connectivity index (χ1n) is 30.4. The molecule has 0 heterocycles. The number of ether oxygens (including phenoxy) is 15. The van der Waals surface area contributed by atoms with Gasteiger partial charge in [0.25, 0.3) is 0 Å². The third-order valence-corrected chi connectivity index (χ3v) is 13.1. The Morgan fingerprint density at radius 2 is 0.556 bits per heavy atom.